The van der Waals surface area contributed by atoms with E-state index >= 15 is 0 Å². The zero-order chi connectivity index (χ0) is 14.9. The first-order valence-corrected chi connectivity index (χ1v) is 9.12. The molecule has 0 saturated heterocycles. The minimum absolute atomic E-state index is 0.0351. The molecular weight excluding hydrogens is 384 g/mol. The predicted molar refractivity (Wildman–Crippen MR) is 86.9 cm³/mol. The van der Waals surface area contributed by atoms with Crippen molar-refractivity contribution < 1.29 is 8.42 Å². The van der Waals surface area contributed by atoms with Crippen LogP contribution in [0.2, 0.25) is 5.02 Å². The maximum atomic E-state index is 11.3. The smallest absolute Gasteiger partial charge is 0.238 e. The summed E-state index contributed by atoms with van der Waals surface area (Å²) in [5.74, 6) is 0. The van der Waals surface area contributed by atoms with Crippen LogP contribution in [0.4, 0.5) is 5.69 Å². The first-order valence-electron chi connectivity index (χ1n) is 5.58. The van der Waals surface area contributed by atoms with Crippen LogP contribution in [0.3, 0.4) is 0 Å². The average molecular weight is 396 g/mol. The maximum Gasteiger partial charge on any atom is 0.238 e. The first-order chi connectivity index (χ1) is 9.27. The molecule has 1 aromatic heterocycles. The van der Waals surface area contributed by atoms with E-state index in [0.29, 0.717) is 17.3 Å². The van der Waals surface area contributed by atoms with Gasteiger partial charge in [-0.15, -0.1) is 11.3 Å². The number of primary sulfonamides is 1. The van der Waals surface area contributed by atoms with Gasteiger partial charge in [-0.1, -0.05) is 11.6 Å². The lowest BCUT2D eigenvalue weighted by Crippen LogP contribution is -2.12. The first kappa shape index (κ1) is 15.8. The number of halogens is 2. The van der Waals surface area contributed by atoms with Gasteiger partial charge in [0, 0.05) is 20.8 Å². The van der Waals surface area contributed by atoms with Crippen molar-refractivity contribution in [1.82, 2.24) is 0 Å². The van der Waals surface area contributed by atoms with Gasteiger partial charge in [0.15, 0.2) is 0 Å². The standard InChI is InChI=1S/C12H12BrClN2O2S2/c1-7-10(13)4-8(19-7)6-16-12-5-9(20(15,17)18)2-3-11(12)14/h2-5,16H,6H2,1H3,(H2,15,17,18). The molecule has 0 saturated carbocycles. The van der Waals surface area contributed by atoms with E-state index < -0.39 is 10.0 Å². The van der Waals surface area contributed by atoms with Crippen LogP contribution >= 0.6 is 38.9 Å². The van der Waals surface area contributed by atoms with Crippen LogP contribution < -0.4 is 10.5 Å². The van der Waals surface area contributed by atoms with Gasteiger partial charge < -0.3 is 5.32 Å². The molecule has 0 aliphatic rings. The van der Waals surface area contributed by atoms with Crippen LogP contribution in [0, 0.1) is 6.92 Å². The number of sulfonamides is 1. The third-order valence-electron chi connectivity index (χ3n) is 2.63. The second kappa shape index (κ2) is 6.03. The van der Waals surface area contributed by atoms with E-state index in [1.165, 1.54) is 23.1 Å². The highest BCUT2D eigenvalue weighted by Crippen LogP contribution is 2.29. The Morgan fingerprint density at radius 2 is 2.10 bits per heavy atom. The topological polar surface area (TPSA) is 72.2 Å². The molecule has 0 fully saturated rings. The van der Waals surface area contributed by atoms with Crippen molar-refractivity contribution >= 4 is 54.6 Å². The van der Waals surface area contributed by atoms with Gasteiger partial charge in [0.25, 0.3) is 0 Å². The van der Waals surface area contributed by atoms with Gasteiger partial charge in [0.05, 0.1) is 15.6 Å². The van der Waals surface area contributed by atoms with E-state index in [1.54, 1.807) is 11.3 Å². The molecule has 0 amide bonds. The summed E-state index contributed by atoms with van der Waals surface area (Å²) in [5.41, 5.74) is 0.542. The molecule has 2 rings (SSSR count). The fourth-order valence-electron chi connectivity index (χ4n) is 1.60. The van der Waals surface area contributed by atoms with Crippen molar-refractivity contribution in [2.24, 2.45) is 5.14 Å². The molecule has 0 unspecified atom stereocenters. The Kier molecular flexibility index (Phi) is 4.76. The highest BCUT2D eigenvalue weighted by Gasteiger charge is 2.11. The number of benzene rings is 1. The molecule has 20 heavy (non-hydrogen) atoms. The Morgan fingerprint density at radius 1 is 1.40 bits per heavy atom. The van der Waals surface area contributed by atoms with Crippen molar-refractivity contribution in [2.75, 3.05) is 5.32 Å². The lowest BCUT2D eigenvalue weighted by atomic mass is 10.3. The normalized spacial score (nSPS) is 11.6. The largest absolute Gasteiger partial charge is 0.379 e. The minimum Gasteiger partial charge on any atom is -0.379 e. The van der Waals surface area contributed by atoms with E-state index in [4.69, 9.17) is 16.7 Å². The second-order valence-corrected chi connectivity index (χ2v) is 8.32. The molecular formula is C12H12BrClN2O2S2. The Bertz CT molecular complexity index is 724. The van der Waals surface area contributed by atoms with Gasteiger partial charge in [-0.2, -0.15) is 0 Å². The molecule has 4 nitrogen and oxygen atoms in total. The summed E-state index contributed by atoms with van der Waals surface area (Å²) in [6.45, 7) is 2.58. The van der Waals surface area contributed by atoms with E-state index in [2.05, 4.69) is 21.2 Å². The zero-order valence-electron chi connectivity index (χ0n) is 10.5. The van der Waals surface area contributed by atoms with E-state index in [1.807, 2.05) is 13.0 Å². The molecule has 0 aliphatic heterocycles. The number of hydrogen-bond acceptors (Lipinski definition) is 4. The van der Waals surface area contributed by atoms with Gasteiger partial charge in [0.2, 0.25) is 10.0 Å². The number of hydrogen-bond donors (Lipinski definition) is 2. The molecule has 0 spiro atoms. The molecule has 2 aromatic rings. The van der Waals surface area contributed by atoms with E-state index in [0.717, 1.165) is 9.35 Å². The molecule has 1 heterocycles. The summed E-state index contributed by atoms with van der Waals surface area (Å²) < 4.78 is 23.7. The fourth-order valence-corrected chi connectivity index (χ4v) is 3.87. The zero-order valence-corrected chi connectivity index (χ0v) is 14.5. The number of anilines is 1. The molecule has 1 aromatic carbocycles. The molecule has 0 radical (unpaired) electrons. The van der Waals surface area contributed by atoms with E-state index in [-0.39, 0.29) is 4.90 Å². The maximum absolute atomic E-state index is 11.3. The van der Waals surface area contributed by atoms with Crippen LogP contribution in [-0.2, 0) is 16.6 Å². The van der Waals surface area contributed by atoms with Gasteiger partial charge in [0.1, 0.15) is 0 Å². The summed E-state index contributed by atoms with van der Waals surface area (Å²) in [5, 5.41) is 8.67. The van der Waals surface area contributed by atoms with Gasteiger partial charge in [-0.25, -0.2) is 13.6 Å². The quantitative estimate of drug-likeness (QED) is 0.828. The predicted octanol–water partition coefficient (Wildman–Crippen LogP) is 3.73. The molecule has 108 valence electrons. The number of aryl methyl sites for hydroxylation is 1. The van der Waals surface area contributed by atoms with Gasteiger partial charge in [-0.3, -0.25) is 0 Å². The molecule has 0 atom stereocenters. The van der Waals surface area contributed by atoms with Crippen molar-refractivity contribution in [3.05, 3.63) is 43.5 Å². The highest BCUT2D eigenvalue weighted by molar-refractivity contribution is 9.10. The lowest BCUT2D eigenvalue weighted by molar-refractivity contribution is 0.598. The number of thiophene rings is 1. The number of nitrogens with two attached hydrogens (primary N) is 1. The van der Waals surface area contributed by atoms with Crippen LogP contribution in [0.15, 0.2) is 33.6 Å². The SMILES string of the molecule is Cc1sc(CNc2cc(S(N)(=O)=O)ccc2Cl)cc1Br. The summed E-state index contributed by atoms with van der Waals surface area (Å²) >= 11 is 11.2. The van der Waals surface area contributed by atoms with Gasteiger partial charge >= 0.3 is 0 Å². The molecule has 0 bridgehead atoms. The third kappa shape index (κ3) is 3.73. The Hall–Kier alpha value is -0.600. The monoisotopic (exact) mass is 394 g/mol. The minimum atomic E-state index is -3.73. The summed E-state index contributed by atoms with van der Waals surface area (Å²) in [6, 6.07) is 6.35. The van der Waals surface area contributed by atoms with Crippen molar-refractivity contribution in [3.8, 4) is 0 Å². The van der Waals surface area contributed by atoms with Crippen LogP contribution in [-0.4, -0.2) is 8.42 Å². The molecule has 0 aliphatic carbocycles. The van der Waals surface area contributed by atoms with Gasteiger partial charge in [-0.05, 0) is 47.1 Å². The van der Waals surface area contributed by atoms with Crippen LogP contribution in [0.1, 0.15) is 9.75 Å². The fraction of sp³-hybridized carbons (Fsp3) is 0.167. The highest BCUT2D eigenvalue weighted by atomic mass is 79.9. The van der Waals surface area contributed by atoms with Crippen molar-refractivity contribution in [2.45, 2.75) is 18.4 Å². The lowest BCUT2D eigenvalue weighted by Gasteiger charge is -2.08. The Labute approximate surface area is 135 Å². The summed E-state index contributed by atoms with van der Waals surface area (Å²) in [6.07, 6.45) is 0. The second-order valence-electron chi connectivity index (χ2n) is 4.16. The molecule has 3 N–H and O–H groups in total. The Balaban J connectivity index is 2.21. The third-order valence-corrected chi connectivity index (χ3v) is 6.00. The summed E-state index contributed by atoms with van der Waals surface area (Å²) in [4.78, 5) is 2.34. The van der Waals surface area contributed by atoms with Crippen molar-refractivity contribution in [3.63, 3.8) is 0 Å². The molecule has 8 heteroatoms. The number of rotatable bonds is 4. The van der Waals surface area contributed by atoms with Crippen LogP contribution in [0.25, 0.3) is 0 Å². The number of nitrogens with one attached hydrogen (secondary N) is 1. The Morgan fingerprint density at radius 3 is 2.65 bits per heavy atom. The van der Waals surface area contributed by atoms with Crippen LogP contribution in [0.5, 0.6) is 0 Å². The van der Waals surface area contributed by atoms with E-state index in [9.17, 15) is 8.42 Å². The van der Waals surface area contributed by atoms with Crippen molar-refractivity contribution in [1.29, 1.82) is 0 Å². The average Bonchev–Trinajstić information content (AvgIpc) is 2.66. The summed E-state index contributed by atoms with van der Waals surface area (Å²) in [7, 11) is -3.73.